The van der Waals surface area contributed by atoms with Gasteiger partial charge in [-0.1, -0.05) is 0 Å². The number of furan rings is 2. The van der Waals surface area contributed by atoms with E-state index < -0.39 is 0 Å². The first-order valence-corrected chi connectivity index (χ1v) is 6.70. The number of rotatable bonds is 4. The van der Waals surface area contributed by atoms with E-state index in [4.69, 9.17) is 13.6 Å². The largest absolute Gasteiger partial charge is 0.472 e. The van der Waals surface area contributed by atoms with E-state index in [-0.39, 0.29) is 11.9 Å². The first-order chi connectivity index (χ1) is 9.79. The van der Waals surface area contributed by atoms with Gasteiger partial charge in [-0.15, -0.1) is 0 Å². The van der Waals surface area contributed by atoms with Gasteiger partial charge in [0.2, 0.25) is 0 Å². The van der Waals surface area contributed by atoms with Crippen LogP contribution in [0.4, 0.5) is 0 Å². The summed E-state index contributed by atoms with van der Waals surface area (Å²) in [5, 5.41) is 0. The van der Waals surface area contributed by atoms with Gasteiger partial charge in [-0.2, -0.15) is 0 Å². The summed E-state index contributed by atoms with van der Waals surface area (Å²) in [4.78, 5) is 14.3. The SMILES string of the molecule is COCc1ccc(C2CCCN2C(=O)c2ccoc2)o1. The van der Waals surface area contributed by atoms with Crippen LogP contribution in [0.25, 0.3) is 0 Å². The first kappa shape index (κ1) is 13.0. The van der Waals surface area contributed by atoms with E-state index in [2.05, 4.69) is 0 Å². The maximum Gasteiger partial charge on any atom is 0.257 e. The van der Waals surface area contributed by atoms with Crippen LogP contribution in [-0.4, -0.2) is 24.5 Å². The molecule has 1 aliphatic heterocycles. The Morgan fingerprint density at radius 3 is 3.10 bits per heavy atom. The molecule has 3 rings (SSSR count). The van der Waals surface area contributed by atoms with Crippen LogP contribution in [0.1, 0.15) is 40.8 Å². The predicted molar refractivity (Wildman–Crippen MR) is 71.1 cm³/mol. The molecule has 3 heterocycles. The Kier molecular flexibility index (Phi) is 3.60. The van der Waals surface area contributed by atoms with Crippen LogP contribution in [-0.2, 0) is 11.3 Å². The summed E-state index contributed by atoms with van der Waals surface area (Å²) < 4.78 is 15.8. The maximum absolute atomic E-state index is 12.4. The third-order valence-electron chi connectivity index (χ3n) is 3.58. The van der Waals surface area contributed by atoms with Crippen molar-refractivity contribution in [3.8, 4) is 0 Å². The summed E-state index contributed by atoms with van der Waals surface area (Å²) in [6.07, 6.45) is 4.90. The minimum Gasteiger partial charge on any atom is -0.472 e. The molecule has 1 aliphatic rings. The van der Waals surface area contributed by atoms with E-state index in [0.717, 1.165) is 30.9 Å². The van der Waals surface area contributed by atoms with Crippen LogP contribution in [0.5, 0.6) is 0 Å². The van der Waals surface area contributed by atoms with Gasteiger partial charge in [-0.05, 0) is 31.0 Å². The number of nitrogens with zero attached hydrogens (tertiary/aromatic N) is 1. The number of ether oxygens (including phenoxy) is 1. The van der Waals surface area contributed by atoms with Crippen LogP contribution >= 0.6 is 0 Å². The second kappa shape index (κ2) is 5.54. The molecule has 1 saturated heterocycles. The Labute approximate surface area is 117 Å². The van der Waals surface area contributed by atoms with Gasteiger partial charge in [0.1, 0.15) is 24.4 Å². The van der Waals surface area contributed by atoms with Crippen LogP contribution in [0, 0.1) is 0 Å². The predicted octanol–water partition coefficient (Wildman–Crippen LogP) is 3.00. The van der Waals surface area contributed by atoms with E-state index in [1.165, 1.54) is 12.5 Å². The molecule has 0 bridgehead atoms. The standard InChI is InChI=1S/C15H17NO4/c1-18-10-12-4-5-14(20-12)13-3-2-7-16(13)15(17)11-6-8-19-9-11/h4-6,8-9,13H,2-3,7,10H2,1H3. The number of hydrogen-bond acceptors (Lipinski definition) is 4. The molecule has 0 spiro atoms. The Morgan fingerprint density at radius 1 is 1.45 bits per heavy atom. The molecule has 5 nitrogen and oxygen atoms in total. The fraction of sp³-hybridized carbons (Fsp3) is 0.400. The highest BCUT2D eigenvalue weighted by Crippen LogP contribution is 2.34. The van der Waals surface area contributed by atoms with Crippen LogP contribution in [0.3, 0.4) is 0 Å². The number of carbonyl (C=O) groups is 1. The lowest BCUT2D eigenvalue weighted by Gasteiger charge is -2.22. The number of likely N-dealkylation sites (tertiary alicyclic amines) is 1. The lowest BCUT2D eigenvalue weighted by molar-refractivity contribution is 0.0715. The molecule has 20 heavy (non-hydrogen) atoms. The number of hydrogen-bond donors (Lipinski definition) is 0. The van der Waals surface area contributed by atoms with Crippen LogP contribution < -0.4 is 0 Å². The molecule has 2 aromatic rings. The maximum atomic E-state index is 12.4. The minimum atomic E-state index is -0.00839. The van der Waals surface area contributed by atoms with Gasteiger partial charge >= 0.3 is 0 Å². The highest BCUT2D eigenvalue weighted by molar-refractivity contribution is 5.94. The van der Waals surface area contributed by atoms with Crippen molar-refractivity contribution in [3.05, 3.63) is 47.8 Å². The van der Waals surface area contributed by atoms with Crippen molar-refractivity contribution in [3.63, 3.8) is 0 Å². The van der Waals surface area contributed by atoms with Crippen molar-refractivity contribution >= 4 is 5.91 Å². The minimum absolute atomic E-state index is 0.00278. The average Bonchev–Trinajstić information content (AvgIpc) is 3.19. The van der Waals surface area contributed by atoms with Crippen molar-refractivity contribution in [2.45, 2.75) is 25.5 Å². The zero-order valence-corrected chi connectivity index (χ0v) is 11.4. The van der Waals surface area contributed by atoms with Gasteiger partial charge in [0, 0.05) is 13.7 Å². The molecule has 0 saturated carbocycles. The van der Waals surface area contributed by atoms with Crippen molar-refractivity contribution in [1.82, 2.24) is 4.90 Å². The van der Waals surface area contributed by atoms with Crippen molar-refractivity contribution in [2.75, 3.05) is 13.7 Å². The molecule has 1 unspecified atom stereocenters. The van der Waals surface area contributed by atoms with E-state index in [1.54, 1.807) is 13.2 Å². The van der Waals surface area contributed by atoms with Gasteiger partial charge in [0.15, 0.2) is 0 Å². The lowest BCUT2D eigenvalue weighted by Crippen LogP contribution is -2.30. The summed E-state index contributed by atoms with van der Waals surface area (Å²) in [6, 6.07) is 5.52. The summed E-state index contributed by atoms with van der Waals surface area (Å²) in [5.41, 5.74) is 0.584. The number of carbonyl (C=O) groups excluding carboxylic acids is 1. The second-order valence-corrected chi connectivity index (χ2v) is 4.91. The van der Waals surface area contributed by atoms with E-state index in [1.807, 2.05) is 17.0 Å². The fourth-order valence-electron chi connectivity index (χ4n) is 2.65. The lowest BCUT2D eigenvalue weighted by atomic mass is 10.1. The molecule has 0 radical (unpaired) electrons. The molecular weight excluding hydrogens is 258 g/mol. The summed E-state index contributed by atoms with van der Waals surface area (Å²) in [5.74, 6) is 1.60. The van der Waals surface area contributed by atoms with Crippen molar-refractivity contribution in [1.29, 1.82) is 0 Å². The van der Waals surface area contributed by atoms with E-state index in [9.17, 15) is 4.79 Å². The summed E-state index contributed by atoms with van der Waals surface area (Å²) in [6.45, 7) is 1.19. The molecule has 106 valence electrons. The molecule has 0 N–H and O–H groups in total. The molecule has 0 aliphatic carbocycles. The van der Waals surface area contributed by atoms with Crippen LogP contribution in [0.2, 0.25) is 0 Å². The Hall–Kier alpha value is -2.01. The molecule has 1 atom stereocenters. The van der Waals surface area contributed by atoms with Crippen LogP contribution in [0.15, 0.2) is 39.6 Å². The molecule has 5 heteroatoms. The third-order valence-corrected chi connectivity index (χ3v) is 3.58. The Morgan fingerprint density at radius 2 is 2.35 bits per heavy atom. The zero-order chi connectivity index (χ0) is 13.9. The van der Waals surface area contributed by atoms with Gasteiger partial charge < -0.3 is 18.5 Å². The van der Waals surface area contributed by atoms with E-state index >= 15 is 0 Å². The molecule has 0 aromatic carbocycles. The van der Waals surface area contributed by atoms with Gasteiger partial charge in [0.05, 0.1) is 17.9 Å². The van der Waals surface area contributed by atoms with Gasteiger partial charge in [0.25, 0.3) is 5.91 Å². The molecule has 2 aromatic heterocycles. The summed E-state index contributed by atoms with van der Waals surface area (Å²) in [7, 11) is 1.63. The Balaban J connectivity index is 1.79. The molecule has 1 amide bonds. The second-order valence-electron chi connectivity index (χ2n) is 4.91. The smallest absolute Gasteiger partial charge is 0.257 e. The van der Waals surface area contributed by atoms with E-state index in [0.29, 0.717) is 12.2 Å². The monoisotopic (exact) mass is 275 g/mol. The fourth-order valence-corrected chi connectivity index (χ4v) is 2.65. The van der Waals surface area contributed by atoms with Crippen molar-refractivity contribution < 1.29 is 18.4 Å². The highest BCUT2D eigenvalue weighted by atomic mass is 16.5. The normalized spacial score (nSPS) is 18.6. The highest BCUT2D eigenvalue weighted by Gasteiger charge is 2.33. The number of amides is 1. The third kappa shape index (κ3) is 2.36. The molecular formula is C15H17NO4. The van der Waals surface area contributed by atoms with Gasteiger partial charge in [-0.3, -0.25) is 4.79 Å². The van der Waals surface area contributed by atoms with Gasteiger partial charge in [-0.25, -0.2) is 0 Å². The number of methoxy groups -OCH3 is 1. The first-order valence-electron chi connectivity index (χ1n) is 6.70. The zero-order valence-electron chi connectivity index (χ0n) is 11.4. The summed E-state index contributed by atoms with van der Waals surface area (Å²) >= 11 is 0. The average molecular weight is 275 g/mol. The molecule has 1 fully saturated rings. The Bertz CT molecular complexity index is 572. The quantitative estimate of drug-likeness (QED) is 0.860. The van der Waals surface area contributed by atoms with Crippen molar-refractivity contribution in [2.24, 2.45) is 0 Å². The topological polar surface area (TPSA) is 55.8 Å².